The molecule has 0 fully saturated rings. The van der Waals surface area contributed by atoms with E-state index in [0.717, 1.165) is 12.1 Å². The van der Waals surface area contributed by atoms with Crippen LogP contribution in [0.15, 0.2) is 18.3 Å². The SMILES string of the molecule is CCCCCC(N)c1ncccc1C. The van der Waals surface area contributed by atoms with E-state index < -0.39 is 0 Å². The molecule has 1 aromatic rings. The number of aromatic nitrogens is 1. The maximum absolute atomic E-state index is 6.07. The Kier molecular flexibility index (Phi) is 4.60. The first-order valence-corrected chi connectivity index (χ1v) is 5.42. The number of rotatable bonds is 5. The molecule has 14 heavy (non-hydrogen) atoms. The lowest BCUT2D eigenvalue weighted by molar-refractivity contribution is 0.568. The molecule has 0 aliphatic rings. The van der Waals surface area contributed by atoms with Crippen LogP contribution >= 0.6 is 0 Å². The first-order chi connectivity index (χ1) is 6.75. The third-order valence-electron chi connectivity index (χ3n) is 2.52. The molecule has 1 unspecified atom stereocenters. The predicted molar refractivity (Wildman–Crippen MR) is 60.0 cm³/mol. The van der Waals surface area contributed by atoms with E-state index in [-0.39, 0.29) is 6.04 Å². The Labute approximate surface area is 86.5 Å². The molecule has 1 rings (SSSR count). The molecule has 0 aliphatic heterocycles. The lowest BCUT2D eigenvalue weighted by atomic mass is 10.0. The van der Waals surface area contributed by atoms with Gasteiger partial charge in [0, 0.05) is 12.2 Å². The van der Waals surface area contributed by atoms with E-state index in [1.54, 1.807) is 0 Å². The van der Waals surface area contributed by atoms with Gasteiger partial charge in [-0.25, -0.2) is 0 Å². The van der Waals surface area contributed by atoms with Gasteiger partial charge >= 0.3 is 0 Å². The van der Waals surface area contributed by atoms with Crippen molar-refractivity contribution < 1.29 is 0 Å². The molecular weight excluding hydrogens is 172 g/mol. The van der Waals surface area contributed by atoms with E-state index in [1.165, 1.54) is 24.8 Å². The third-order valence-corrected chi connectivity index (χ3v) is 2.52. The zero-order valence-electron chi connectivity index (χ0n) is 9.16. The Balaban J connectivity index is 2.51. The Morgan fingerprint density at radius 1 is 1.43 bits per heavy atom. The molecule has 2 nitrogen and oxygen atoms in total. The van der Waals surface area contributed by atoms with Crippen LogP contribution in [-0.4, -0.2) is 4.98 Å². The van der Waals surface area contributed by atoms with Crippen molar-refractivity contribution in [3.05, 3.63) is 29.6 Å². The highest BCUT2D eigenvalue weighted by atomic mass is 14.8. The van der Waals surface area contributed by atoms with Gasteiger partial charge in [-0.3, -0.25) is 4.98 Å². The highest BCUT2D eigenvalue weighted by Gasteiger charge is 2.08. The normalized spacial score (nSPS) is 12.8. The van der Waals surface area contributed by atoms with Gasteiger partial charge in [0.1, 0.15) is 0 Å². The fraction of sp³-hybridized carbons (Fsp3) is 0.583. The van der Waals surface area contributed by atoms with Crippen LogP contribution < -0.4 is 5.73 Å². The molecule has 0 radical (unpaired) electrons. The van der Waals surface area contributed by atoms with Crippen molar-refractivity contribution in [3.63, 3.8) is 0 Å². The van der Waals surface area contributed by atoms with Gasteiger partial charge in [-0.05, 0) is 25.0 Å². The van der Waals surface area contributed by atoms with Crippen LogP contribution in [0.5, 0.6) is 0 Å². The van der Waals surface area contributed by atoms with Gasteiger partial charge < -0.3 is 5.73 Å². The van der Waals surface area contributed by atoms with Crippen LogP contribution in [0.2, 0.25) is 0 Å². The summed E-state index contributed by atoms with van der Waals surface area (Å²) in [5, 5.41) is 0. The Morgan fingerprint density at radius 3 is 2.86 bits per heavy atom. The number of hydrogen-bond donors (Lipinski definition) is 1. The van der Waals surface area contributed by atoms with Crippen molar-refractivity contribution in [2.75, 3.05) is 0 Å². The van der Waals surface area contributed by atoms with E-state index in [9.17, 15) is 0 Å². The summed E-state index contributed by atoms with van der Waals surface area (Å²) < 4.78 is 0. The van der Waals surface area contributed by atoms with Crippen LogP contribution in [0, 0.1) is 6.92 Å². The van der Waals surface area contributed by atoms with Crippen molar-refractivity contribution >= 4 is 0 Å². The third kappa shape index (κ3) is 3.11. The van der Waals surface area contributed by atoms with Crippen molar-refractivity contribution in [1.29, 1.82) is 0 Å². The van der Waals surface area contributed by atoms with Crippen molar-refractivity contribution in [3.8, 4) is 0 Å². The number of pyridine rings is 1. The molecule has 0 amide bonds. The van der Waals surface area contributed by atoms with E-state index in [4.69, 9.17) is 5.73 Å². The predicted octanol–water partition coefficient (Wildman–Crippen LogP) is 2.97. The van der Waals surface area contributed by atoms with Gasteiger partial charge in [0.2, 0.25) is 0 Å². The molecule has 2 heteroatoms. The zero-order chi connectivity index (χ0) is 10.4. The molecule has 78 valence electrons. The smallest absolute Gasteiger partial charge is 0.0600 e. The van der Waals surface area contributed by atoms with Crippen LogP contribution in [0.25, 0.3) is 0 Å². The maximum Gasteiger partial charge on any atom is 0.0600 e. The molecular formula is C12H20N2. The lowest BCUT2D eigenvalue weighted by Crippen LogP contribution is -2.13. The second-order valence-electron chi connectivity index (χ2n) is 3.81. The minimum Gasteiger partial charge on any atom is -0.323 e. The molecule has 0 saturated heterocycles. The van der Waals surface area contributed by atoms with Gasteiger partial charge in [-0.15, -0.1) is 0 Å². The summed E-state index contributed by atoms with van der Waals surface area (Å²) in [6, 6.07) is 4.14. The maximum atomic E-state index is 6.07. The van der Waals surface area contributed by atoms with Crippen molar-refractivity contribution in [2.24, 2.45) is 5.73 Å². The second-order valence-corrected chi connectivity index (χ2v) is 3.81. The van der Waals surface area contributed by atoms with Gasteiger partial charge in [0.15, 0.2) is 0 Å². The van der Waals surface area contributed by atoms with E-state index in [1.807, 2.05) is 12.3 Å². The number of nitrogens with two attached hydrogens (primary N) is 1. The Morgan fingerprint density at radius 2 is 2.21 bits per heavy atom. The fourth-order valence-corrected chi connectivity index (χ4v) is 1.64. The summed E-state index contributed by atoms with van der Waals surface area (Å²) in [5.41, 5.74) is 8.34. The summed E-state index contributed by atoms with van der Waals surface area (Å²) in [7, 11) is 0. The average molecular weight is 192 g/mol. The standard InChI is InChI=1S/C12H20N2/c1-3-4-5-8-11(13)12-10(2)7-6-9-14-12/h6-7,9,11H,3-5,8,13H2,1-2H3. The summed E-state index contributed by atoms with van der Waals surface area (Å²) in [6.07, 6.45) is 6.58. The van der Waals surface area contributed by atoms with Crippen LogP contribution in [0.3, 0.4) is 0 Å². The van der Waals surface area contributed by atoms with Gasteiger partial charge in [0.25, 0.3) is 0 Å². The summed E-state index contributed by atoms with van der Waals surface area (Å²) in [5.74, 6) is 0. The van der Waals surface area contributed by atoms with Crippen molar-refractivity contribution in [2.45, 2.75) is 45.6 Å². The highest BCUT2D eigenvalue weighted by Crippen LogP contribution is 2.17. The minimum atomic E-state index is 0.114. The first kappa shape index (κ1) is 11.2. The highest BCUT2D eigenvalue weighted by molar-refractivity contribution is 5.20. The fourth-order valence-electron chi connectivity index (χ4n) is 1.64. The summed E-state index contributed by atoms with van der Waals surface area (Å²) in [6.45, 7) is 4.28. The number of hydrogen-bond acceptors (Lipinski definition) is 2. The molecule has 2 N–H and O–H groups in total. The Bertz CT molecular complexity index is 271. The molecule has 0 aromatic carbocycles. The molecule has 1 heterocycles. The summed E-state index contributed by atoms with van der Waals surface area (Å²) in [4.78, 5) is 4.33. The molecule has 1 atom stereocenters. The number of unbranched alkanes of at least 4 members (excludes halogenated alkanes) is 2. The number of aryl methyl sites for hydroxylation is 1. The molecule has 0 spiro atoms. The van der Waals surface area contributed by atoms with Gasteiger partial charge in [-0.1, -0.05) is 32.3 Å². The lowest BCUT2D eigenvalue weighted by Gasteiger charge is -2.12. The zero-order valence-corrected chi connectivity index (χ0v) is 9.16. The topological polar surface area (TPSA) is 38.9 Å². The minimum absolute atomic E-state index is 0.114. The Hall–Kier alpha value is -0.890. The van der Waals surface area contributed by atoms with Crippen LogP contribution in [0.1, 0.15) is 49.9 Å². The van der Waals surface area contributed by atoms with Crippen LogP contribution in [-0.2, 0) is 0 Å². The first-order valence-electron chi connectivity index (χ1n) is 5.42. The average Bonchev–Trinajstić information content (AvgIpc) is 2.18. The van der Waals surface area contributed by atoms with Gasteiger partial charge in [-0.2, -0.15) is 0 Å². The summed E-state index contributed by atoms with van der Waals surface area (Å²) >= 11 is 0. The molecule has 0 aliphatic carbocycles. The van der Waals surface area contributed by atoms with E-state index >= 15 is 0 Å². The van der Waals surface area contributed by atoms with E-state index in [0.29, 0.717) is 0 Å². The number of nitrogens with zero attached hydrogens (tertiary/aromatic N) is 1. The molecule has 1 aromatic heterocycles. The van der Waals surface area contributed by atoms with E-state index in [2.05, 4.69) is 24.9 Å². The quantitative estimate of drug-likeness (QED) is 0.728. The van der Waals surface area contributed by atoms with Gasteiger partial charge in [0.05, 0.1) is 5.69 Å². The van der Waals surface area contributed by atoms with Crippen LogP contribution in [0.4, 0.5) is 0 Å². The molecule has 0 bridgehead atoms. The largest absolute Gasteiger partial charge is 0.323 e. The van der Waals surface area contributed by atoms with Crippen molar-refractivity contribution in [1.82, 2.24) is 4.98 Å². The molecule has 0 saturated carbocycles. The monoisotopic (exact) mass is 192 g/mol. The second kappa shape index (κ2) is 5.76.